The minimum Gasteiger partial charge on any atom is -0.493 e. The number of nitrogens with one attached hydrogen (secondary N) is 1. The summed E-state index contributed by atoms with van der Waals surface area (Å²) in [6.45, 7) is 3.78. The van der Waals surface area contributed by atoms with E-state index < -0.39 is 5.54 Å². The molecule has 178 valence electrons. The van der Waals surface area contributed by atoms with Gasteiger partial charge < -0.3 is 19.4 Å². The lowest BCUT2D eigenvalue weighted by Crippen LogP contribution is -2.35. The maximum atomic E-state index is 12.6. The summed E-state index contributed by atoms with van der Waals surface area (Å²) in [5, 5.41) is 4.47. The number of fused-ring (bicyclic) bond motifs is 4. The zero-order chi connectivity index (χ0) is 23.8. The maximum Gasteiger partial charge on any atom is 0.308 e. The van der Waals surface area contributed by atoms with E-state index in [1.165, 1.54) is 5.56 Å². The quantitative estimate of drug-likeness (QED) is 0.467. The molecule has 3 heterocycles. The van der Waals surface area contributed by atoms with Gasteiger partial charge in [0.2, 0.25) is 0 Å². The topological polar surface area (TPSA) is 65.4 Å². The van der Waals surface area contributed by atoms with E-state index in [9.17, 15) is 4.79 Å². The van der Waals surface area contributed by atoms with Crippen LogP contribution in [0.15, 0.2) is 78.0 Å². The highest BCUT2D eigenvalue weighted by Gasteiger charge is 2.46. The highest BCUT2D eigenvalue weighted by atomic mass is 16.5. The van der Waals surface area contributed by atoms with E-state index in [4.69, 9.17) is 14.5 Å². The average Bonchev–Trinajstić information content (AvgIpc) is 3.55. The van der Waals surface area contributed by atoms with Gasteiger partial charge in [0, 0.05) is 35.8 Å². The molecule has 1 aliphatic heterocycles. The second-order valence-electron chi connectivity index (χ2n) is 9.26. The van der Waals surface area contributed by atoms with Crippen LogP contribution in [0.4, 0.5) is 5.82 Å². The van der Waals surface area contributed by atoms with E-state index in [0.29, 0.717) is 13.2 Å². The van der Waals surface area contributed by atoms with E-state index in [1.54, 1.807) is 0 Å². The lowest BCUT2D eigenvalue weighted by atomic mass is 9.87. The summed E-state index contributed by atoms with van der Waals surface area (Å²) in [6, 6.07) is 12.5. The normalized spacial score (nSPS) is 17.1. The summed E-state index contributed by atoms with van der Waals surface area (Å²) in [4.78, 5) is 17.3. The largest absolute Gasteiger partial charge is 0.493 e. The Morgan fingerprint density at radius 1 is 1.14 bits per heavy atom. The highest BCUT2D eigenvalue weighted by Crippen LogP contribution is 2.49. The molecule has 6 nitrogen and oxygen atoms in total. The van der Waals surface area contributed by atoms with Crippen molar-refractivity contribution in [1.82, 2.24) is 9.55 Å². The predicted octanol–water partition coefficient (Wildman–Crippen LogP) is 5.10. The third-order valence-electron chi connectivity index (χ3n) is 7.20. The second-order valence-corrected chi connectivity index (χ2v) is 9.26. The Bertz CT molecular complexity index is 1370. The van der Waals surface area contributed by atoms with Gasteiger partial charge in [0.15, 0.2) is 0 Å². The van der Waals surface area contributed by atoms with Crippen LogP contribution in [0, 0.1) is 0 Å². The first-order chi connectivity index (χ1) is 17.2. The van der Waals surface area contributed by atoms with Crippen molar-refractivity contribution in [3.63, 3.8) is 0 Å². The molecule has 2 bridgehead atoms. The van der Waals surface area contributed by atoms with Gasteiger partial charge in [-0.1, -0.05) is 30.4 Å². The van der Waals surface area contributed by atoms with Gasteiger partial charge in [0.1, 0.15) is 17.1 Å². The molecule has 2 aliphatic carbocycles. The minimum absolute atomic E-state index is 0.192. The molecule has 2 aromatic heterocycles. The SMILES string of the molecule is CCOC(=O)CC1(n2ccc3cc(OCCc4ccc5c(n4)NCCC5)ccc32)C2=CC=C1C=C2. The third-order valence-corrected chi connectivity index (χ3v) is 7.20. The maximum absolute atomic E-state index is 12.6. The van der Waals surface area contributed by atoms with Crippen LogP contribution in [0.3, 0.4) is 0 Å². The van der Waals surface area contributed by atoms with E-state index in [2.05, 4.69) is 70.7 Å². The number of esters is 1. The number of rotatable bonds is 8. The Kier molecular flexibility index (Phi) is 5.44. The van der Waals surface area contributed by atoms with Crippen LogP contribution in [-0.2, 0) is 27.9 Å². The van der Waals surface area contributed by atoms with Gasteiger partial charge in [0.25, 0.3) is 0 Å². The molecular weight excluding hydrogens is 438 g/mol. The fourth-order valence-electron chi connectivity index (χ4n) is 5.50. The van der Waals surface area contributed by atoms with Crippen molar-refractivity contribution >= 4 is 22.7 Å². The Balaban J connectivity index is 1.20. The molecule has 3 aliphatic rings. The molecule has 0 fully saturated rings. The molecule has 35 heavy (non-hydrogen) atoms. The number of aryl methyl sites for hydroxylation is 1. The molecule has 0 atom stereocenters. The van der Waals surface area contributed by atoms with Crippen LogP contribution in [-0.4, -0.2) is 35.3 Å². The van der Waals surface area contributed by atoms with Crippen molar-refractivity contribution in [2.24, 2.45) is 0 Å². The van der Waals surface area contributed by atoms with Gasteiger partial charge in [-0.2, -0.15) is 0 Å². The standard InChI is InChI=1S/C29H29N3O3/c1-2-34-27(33)19-29(22-6-7-23(29)9-8-22)32-16-13-21-18-25(11-12-26(21)32)35-17-14-24-10-5-20-4-3-15-30-28(20)31-24/h5-13,16,18H,2-4,14-15,17,19H2,1H3,(H,30,31). The van der Waals surface area contributed by atoms with Gasteiger partial charge in [-0.25, -0.2) is 4.98 Å². The molecule has 0 radical (unpaired) electrons. The third kappa shape index (κ3) is 3.73. The lowest BCUT2D eigenvalue weighted by molar-refractivity contribution is -0.144. The molecule has 1 N–H and O–H groups in total. The molecular formula is C29H29N3O3. The number of nitrogens with zero attached hydrogens (tertiary/aromatic N) is 2. The van der Waals surface area contributed by atoms with Crippen LogP contribution >= 0.6 is 0 Å². The fourth-order valence-corrected chi connectivity index (χ4v) is 5.50. The zero-order valence-electron chi connectivity index (χ0n) is 19.9. The summed E-state index contributed by atoms with van der Waals surface area (Å²) >= 11 is 0. The monoisotopic (exact) mass is 467 g/mol. The van der Waals surface area contributed by atoms with Crippen LogP contribution < -0.4 is 10.1 Å². The van der Waals surface area contributed by atoms with Gasteiger partial charge in [0.05, 0.1) is 19.6 Å². The van der Waals surface area contributed by atoms with E-state index in [-0.39, 0.29) is 12.4 Å². The first-order valence-electron chi connectivity index (χ1n) is 12.4. The number of hydrogen-bond acceptors (Lipinski definition) is 5. The van der Waals surface area contributed by atoms with Gasteiger partial charge >= 0.3 is 5.97 Å². The van der Waals surface area contributed by atoms with Crippen molar-refractivity contribution in [1.29, 1.82) is 0 Å². The van der Waals surface area contributed by atoms with E-state index in [0.717, 1.165) is 65.1 Å². The minimum atomic E-state index is -0.539. The molecule has 0 amide bonds. The van der Waals surface area contributed by atoms with Crippen molar-refractivity contribution in [2.75, 3.05) is 25.1 Å². The molecule has 6 heteroatoms. The van der Waals surface area contributed by atoms with Crippen LogP contribution in [0.25, 0.3) is 10.9 Å². The van der Waals surface area contributed by atoms with Crippen LogP contribution in [0.2, 0.25) is 0 Å². The molecule has 0 saturated carbocycles. The number of hydrogen-bond donors (Lipinski definition) is 1. The van der Waals surface area contributed by atoms with Crippen LogP contribution in [0.5, 0.6) is 5.75 Å². The molecule has 3 aromatic rings. The first kappa shape index (κ1) is 21.7. The number of carbonyl (C=O) groups is 1. The Hall–Kier alpha value is -3.80. The van der Waals surface area contributed by atoms with Crippen molar-refractivity contribution in [3.8, 4) is 5.75 Å². The average molecular weight is 468 g/mol. The number of anilines is 1. The van der Waals surface area contributed by atoms with Crippen molar-refractivity contribution in [3.05, 3.63) is 89.3 Å². The van der Waals surface area contributed by atoms with Crippen molar-refractivity contribution in [2.45, 2.75) is 38.1 Å². The molecule has 0 spiro atoms. The number of benzene rings is 1. The number of aromatic nitrogens is 2. The van der Waals surface area contributed by atoms with Crippen molar-refractivity contribution < 1.29 is 14.3 Å². The Morgan fingerprint density at radius 3 is 2.80 bits per heavy atom. The number of carbonyl (C=O) groups excluding carboxylic acids is 1. The molecule has 1 aromatic carbocycles. The first-order valence-corrected chi connectivity index (χ1v) is 12.4. The molecule has 6 rings (SSSR count). The fraction of sp³-hybridized carbons (Fsp3) is 0.310. The highest BCUT2D eigenvalue weighted by molar-refractivity contribution is 5.85. The predicted molar refractivity (Wildman–Crippen MR) is 137 cm³/mol. The zero-order valence-corrected chi connectivity index (χ0v) is 19.9. The van der Waals surface area contributed by atoms with Gasteiger partial charge in [-0.05, 0) is 66.8 Å². The Labute approximate surface area is 205 Å². The lowest BCUT2D eigenvalue weighted by Gasteiger charge is -2.32. The molecule has 0 saturated heterocycles. The summed E-state index contributed by atoms with van der Waals surface area (Å²) in [7, 11) is 0. The summed E-state index contributed by atoms with van der Waals surface area (Å²) in [5.41, 5.74) is 5.09. The van der Waals surface area contributed by atoms with E-state index in [1.807, 2.05) is 13.0 Å². The second kappa shape index (κ2) is 8.77. The number of allylic oxidation sites excluding steroid dienone is 6. The summed E-state index contributed by atoms with van der Waals surface area (Å²) < 4.78 is 13.6. The smallest absolute Gasteiger partial charge is 0.308 e. The number of ether oxygens (including phenoxy) is 2. The summed E-state index contributed by atoms with van der Waals surface area (Å²) in [6.07, 6.45) is 13.8. The molecule has 0 unspecified atom stereocenters. The van der Waals surface area contributed by atoms with E-state index >= 15 is 0 Å². The van der Waals surface area contributed by atoms with Gasteiger partial charge in [-0.3, -0.25) is 4.79 Å². The van der Waals surface area contributed by atoms with Gasteiger partial charge in [-0.15, -0.1) is 0 Å². The number of pyridine rings is 1. The van der Waals surface area contributed by atoms with Crippen LogP contribution in [0.1, 0.15) is 31.0 Å². The summed E-state index contributed by atoms with van der Waals surface area (Å²) in [5.74, 6) is 1.66. The Morgan fingerprint density at radius 2 is 2.00 bits per heavy atom.